The van der Waals surface area contributed by atoms with Gasteiger partial charge in [0.15, 0.2) is 9.04 Å². The molecule has 1 aromatic rings. The summed E-state index contributed by atoms with van der Waals surface area (Å²) in [5.74, 6) is -0.800. The summed E-state index contributed by atoms with van der Waals surface area (Å²) < 4.78 is 20.6. The van der Waals surface area contributed by atoms with E-state index in [2.05, 4.69) is 38.8 Å². The molecule has 164 valence electrons. The molecule has 0 amide bonds. The SMILES string of the molecule is CC[C@H](C)[C@H](C(=O)O)N1C[C@H](c2cccc(F)c2)[C@@H](C(O[SiH](C)C)C(C)(C)C)C1. The number of likely N-dealkylation sites (tertiary alicyclic amines) is 1. The van der Waals surface area contributed by atoms with Crippen LogP contribution in [0.5, 0.6) is 0 Å². The summed E-state index contributed by atoms with van der Waals surface area (Å²) in [5, 5.41) is 9.94. The molecule has 0 aliphatic carbocycles. The molecule has 0 saturated carbocycles. The van der Waals surface area contributed by atoms with E-state index < -0.39 is 21.1 Å². The summed E-state index contributed by atoms with van der Waals surface area (Å²) in [6.45, 7) is 16.2. The molecule has 6 heteroatoms. The molecule has 0 aromatic heterocycles. The molecule has 1 aromatic carbocycles. The molecule has 1 aliphatic rings. The molecular weight excluding hydrogens is 385 g/mol. The van der Waals surface area contributed by atoms with Crippen molar-refractivity contribution >= 4 is 15.0 Å². The first-order valence-electron chi connectivity index (χ1n) is 10.8. The van der Waals surface area contributed by atoms with E-state index in [1.54, 1.807) is 12.1 Å². The molecule has 4 nitrogen and oxygen atoms in total. The first-order valence-corrected chi connectivity index (χ1v) is 13.6. The summed E-state index contributed by atoms with van der Waals surface area (Å²) in [7, 11) is -1.31. The highest BCUT2D eigenvalue weighted by molar-refractivity contribution is 6.48. The van der Waals surface area contributed by atoms with Crippen molar-refractivity contribution < 1.29 is 18.7 Å². The number of carboxylic acid groups (broad SMARTS) is 1. The standard InChI is InChI=1S/C23H38FNO3Si/c1-8-15(2)20(22(26)27)25-13-18(16-10-9-11-17(24)12-16)19(14-25)21(23(3,4)5)28-29(6)7/h9-12,15,18-21,29H,8,13-14H2,1-7H3,(H,26,27)/t15-,18+,19-,20+,21?/m0/s1. The number of benzene rings is 1. The largest absolute Gasteiger partial charge is 0.480 e. The molecule has 1 fully saturated rings. The molecule has 1 aliphatic heterocycles. The summed E-state index contributed by atoms with van der Waals surface area (Å²) >= 11 is 0. The number of hydrogen-bond donors (Lipinski definition) is 1. The van der Waals surface area contributed by atoms with E-state index in [0.29, 0.717) is 13.1 Å². The third-order valence-electron chi connectivity index (χ3n) is 6.16. The average molecular weight is 424 g/mol. The van der Waals surface area contributed by atoms with Crippen molar-refractivity contribution in [2.24, 2.45) is 17.3 Å². The highest BCUT2D eigenvalue weighted by Crippen LogP contribution is 2.43. The second-order valence-corrected chi connectivity index (χ2v) is 12.3. The Morgan fingerprint density at radius 2 is 2.00 bits per heavy atom. The van der Waals surface area contributed by atoms with Crippen LogP contribution in [-0.2, 0) is 9.22 Å². The van der Waals surface area contributed by atoms with Gasteiger partial charge in [0.1, 0.15) is 11.9 Å². The zero-order chi connectivity index (χ0) is 21.9. The molecule has 1 heterocycles. The fourth-order valence-electron chi connectivity index (χ4n) is 4.71. The van der Waals surface area contributed by atoms with Gasteiger partial charge in [0.2, 0.25) is 0 Å². The van der Waals surface area contributed by atoms with Crippen LogP contribution in [-0.4, -0.2) is 50.3 Å². The lowest BCUT2D eigenvalue weighted by molar-refractivity contribution is -0.145. The normalized spacial score (nSPS) is 23.9. The Morgan fingerprint density at radius 1 is 1.34 bits per heavy atom. The van der Waals surface area contributed by atoms with Gasteiger partial charge in [0, 0.05) is 24.9 Å². The van der Waals surface area contributed by atoms with Crippen LogP contribution < -0.4 is 0 Å². The number of nitrogens with zero attached hydrogens (tertiary/aromatic N) is 1. The molecule has 1 unspecified atom stereocenters. The van der Waals surface area contributed by atoms with Gasteiger partial charge in [-0.1, -0.05) is 53.2 Å². The summed E-state index contributed by atoms with van der Waals surface area (Å²) in [5.41, 5.74) is 0.854. The number of rotatable bonds is 8. The molecule has 1 saturated heterocycles. The maximum Gasteiger partial charge on any atom is 0.321 e. The van der Waals surface area contributed by atoms with Gasteiger partial charge in [0.25, 0.3) is 0 Å². The van der Waals surface area contributed by atoms with Gasteiger partial charge in [-0.05, 0) is 42.1 Å². The number of halogens is 1. The molecule has 1 N–H and O–H groups in total. The van der Waals surface area contributed by atoms with Crippen molar-refractivity contribution in [2.75, 3.05) is 13.1 Å². The predicted octanol–water partition coefficient (Wildman–Crippen LogP) is 4.76. The Balaban J connectivity index is 2.47. The number of aliphatic carboxylic acids is 1. The van der Waals surface area contributed by atoms with Crippen LogP contribution >= 0.6 is 0 Å². The second kappa shape index (κ2) is 9.71. The lowest BCUT2D eigenvalue weighted by Crippen LogP contribution is -2.46. The van der Waals surface area contributed by atoms with E-state index in [1.807, 2.05) is 19.9 Å². The van der Waals surface area contributed by atoms with Crippen molar-refractivity contribution in [3.05, 3.63) is 35.6 Å². The van der Waals surface area contributed by atoms with Gasteiger partial charge in [-0.25, -0.2) is 4.39 Å². The maximum atomic E-state index is 14.0. The van der Waals surface area contributed by atoms with E-state index in [9.17, 15) is 14.3 Å². The predicted molar refractivity (Wildman–Crippen MR) is 118 cm³/mol. The van der Waals surface area contributed by atoms with Gasteiger partial charge in [-0.2, -0.15) is 0 Å². The molecular formula is C23H38FNO3Si. The second-order valence-electron chi connectivity index (χ2n) is 9.92. The molecule has 0 spiro atoms. The minimum Gasteiger partial charge on any atom is -0.480 e. The average Bonchev–Trinajstić information content (AvgIpc) is 3.02. The van der Waals surface area contributed by atoms with Crippen molar-refractivity contribution in [1.29, 1.82) is 0 Å². The van der Waals surface area contributed by atoms with Crippen molar-refractivity contribution in [1.82, 2.24) is 4.90 Å². The third kappa shape index (κ3) is 5.89. The van der Waals surface area contributed by atoms with Crippen LogP contribution in [0.4, 0.5) is 4.39 Å². The Labute approximate surface area is 177 Å². The fraction of sp³-hybridized carbons (Fsp3) is 0.696. The highest BCUT2D eigenvalue weighted by atomic mass is 28.3. The van der Waals surface area contributed by atoms with Crippen LogP contribution in [0.3, 0.4) is 0 Å². The Morgan fingerprint density at radius 3 is 2.48 bits per heavy atom. The molecule has 5 atom stereocenters. The fourth-order valence-corrected chi connectivity index (χ4v) is 5.90. The molecule has 29 heavy (non-hydrogen) atoms. The third-order valence-corrected chi connectivity index (χ3v) is 7.00. The minimum absolute atomic E-state index is 0.00110. The quantitative estimate of drug-likeness (QED) is 0.613. The van der Waals surface area contributed by atoms with E-state index in [1.165, 1.54) is 6.07 Å². The van der Waals surface area contributed by atoms with Crippen LogP contribution in [0.15, 0.2) is 24.3 Å². The summed E-state index contributed by atoms with van der Waals surface area (Å²) in [6.07, 6.45) is 0.805. The van der Waals surface area contributed by atoms with Gasteiger partial charge in [-0.3, -0.25) is 9.69 Å². The van der Waals surface area contributed by atoms with Crippen LogP contribution in [0.25, 0.3) is 0 Å². The summed E-state index contributed by atoms with van der Waals surface area (Å²) in [4.78, 5) is 14.2. The molecule has 0 radical (unpaired) electrons. The first-order chi connectivity index (χ1) is 13.5. The highest BCUT2D eigenvalue weighted by Gasteiger charge is 2.47. The topological polar surface area (TPSA) is 49.8 Å². The Kier molecular flexibility index (Phi) is 8.05. The zero-order valence-electron chi connectivity index (χ0n) is 19.0. The van der Waals surface area contributed by atoms with Crippen molar-refractivity contribution in [3.63, 3.8) is 0 Å². The number of hydrogen-bond acceptors (Lipinski definition) is 3. The smallest absolute Gasteiger partial charge is 0.321 e. The lowest BCUT2D eigenvalue weighted by Gasteiger charge is -2.39. The monoisotopic (exact) mass is 423 g/mol. The van der Waals surface area contributed by atoms with E-state index in [0.717, 1.165) is 12.0 Å². The van der Waals surface area contributed by atoms with Gasteiger partial charge in [-0.15, -0.1) is 0 Å². The number of carbonyl (C=O) groups is 1. The van der Waals surface area contributed by atoms with Gasteiger partial charge in [0.05, 0.1) is 6.10 Å². The Bertz CT molecular complexity index is 691. The lowest BCUT2D eigenvalue weighted by atomic mass is 9.75. The maximum absolute atomic E-state index is 14.0. The molecule has 2 rings (SSSR count). The zero-order valence-corrected chi connectivity index (χ0v) is 20.1. The Hall–Kier alpha value is -1.24. The summed E-state index contributed by atoms with van der Waals surface area (Å²) in [6, 6.07) is 6.25. The minimum atomic E-state index is -1.31. The van der Waals surface area contributed by atoms with Crippen molar-refractivity contribution in [3.8, 4) is 0 Å². The first kappa shape index (κ1) is 24.0. The number of carboxylic acids is 1. The van der Waals surface area contributed by atoms with Crippen LogP contribution in [0, 0.1) is 23.1 Å². The van der Waals surface area contributed by atoms with E-state index >= 15 is 0 Å². The van der Waals surface area contributed by atoms with Gasteiger partial charge >= 0.3 is 5.97 Å². The van der Waals surface area contributed by atoms with E-state index in [4.69, 9.17) is 4.43 Å². The van der Waals surface area contributed by atoms with Crippen LogP contribution in [0.1, 0.15) is 52.5 Å². The van der Waals surface area contributed by atoms with Gasteiger partial charge < -0.3 is 9.53 Å². The van der Waals surface area contributed by atoms with Crippen molar-refractivity contribution in [2.45, 2.75) is 72.2 Å². The van der Waals surface area contributed by atoms with E-state index in [-0.39, 0.29) is 35.1 Å². The molecule has 0 bridgehead atoms. The van der Waals surface area contributed by atoms with Crippen LogP contribution in [0.2, 0.25) is 13.1 Å².